The molecule has 1 aliphatic heterocycles. The van der Waals surface area contributed by atoms with Crippen molar-refractivity contribution in [1.82, 2.24) is 5.32 Å². The summed E-state index contributed by atoms with van der Waals surface area (Å²) in [4.78, 5) is 0.679. The highest BCUT2D eigenvalue weighted by Crippen LogP contribution is 2.39. The lowest BCUT2D eigenvalue weighted by molar-refractivity contribution is -0.0137. The third kappa shape index (κ3) is 1.37. The van der Waals surface area contributed by atoms with Crippen molar-refractivity contribution >= 4 is 11.3 Å². The van der Waals surface area contributed by atoms with Crippen LogP contribution in [0.4, 0.5) is 8.78 Å². The van der Waals surface area contributed by atoms with Crippen LogP contribution in [0.1, 0.15) is 16.5 Å². The van der Waals surface area contributed by atoms with Crippen molar-refractivity contribution in [3.05, 3.63) is 21.9 Å². The van der Waals surface area contributed by atoms with E-state index in [-0.39, 0.29) is 18.2 Å². The maximum Gasteiger partial charge on any atom is 0.286 e. The van der Waals surface area contributed by atoms with E-state index in [4.69, 9.17) is 5.73 Å². The standard InChI is InChI=1S/C8H10F2N2S/c9-8(10)4-12-6(3-11)7-5(8)1-2-13-7/h1-2,6,12H,3-4,11H2. The highest BCUT2D eigenvalue weighted by molar-refractivity contribution is 7.10. The van der Waals surface area contributed by atoms with Crippen molar-refractivity contribution in [1.29, 1.82) is 0 Å². The predicted molar refractivity (Wildman–Crippen MR) is 48.0 cm³/mol. The van der Waals surface area contributed by atoms with Crippen molar-refractivity contribution in [3.63, 3.8) is 0 Å². The molecule has 1 aromatic heterocycles. The first-order valence-electron chi connectivity index (χ1n) is 4.04. The van der Waals surface area contributed by atoms with Gasteiger partial charge in [-0.1, -0.05) is 0 Å². The summed E-state index contributed by atoms with van der Waals surface area (Å²) in [6, 6.07) is 1.39. The Morgan fingerprint density at radius 3 is 3.15 bits per heavy atom. The van der Waals surface area contributed by atoms with Crippen molar-refractivity contribution in [2.75, 3.05) is 13.1 Å². The van der Waals surface area contributed by atoms with Crippen LogP contribution in [0, 0.1) is 0 Å². The summed E-state index contributed by atoms with van der Waals surface area (Å²) in [5, 5.41) is 4.43. The number of nitrogens with one attached hydrogen (secondary N) is 1. The van der Waals surface area contributed by atoms with Crippen LogP contribution in [0.3, 0.4) is 0 Å². The molecular formula is C8H10F2N2S. The van der Waals surface area contributed by atoms with E-state index in [0.717, 1.165) is 0 Å². The molecule has 2 heterocycles. The molecule has 1 atom stereocenters. The molecule has 0 aromatic carbocycles. The van der Waals surface area contributed by atoms with Crippen LogP contribution in [0.15, 0.2) is 11.4 Å². The molecule has 5 heteroatoms. The molecule has 1 aliphatic rings. The molecule has 72 valence electrons. The third-order valence-corrected chi connectivity index (χ3v) is 3.24. The molecule has 0 saturated carbocycles. The SMILES string of the molecule is NCC1NCC(F)(F)c2ccsc21. The normalized spacial score (nSPS) is 25.6. The van der Waals surface area contributed by atoms with E-state index in [2.05, 4.69) is 5.32 Å². The lowest BCUT2D eigenvalue weighted by atomic mass is 10.0. The molecule has 0 spiro atoms. The number of alkyl halides is 2. The molecule has 0 amide bonds. The Balaban J connectivity index is 2.43. The predicted octanol–water partition coefficient (Wildman–Crippen LogP) is 1.44. The summed E-state index contributed by atoms with van der Waals surface area (Å²) < 4.78 is 26.5. The second-order valence-corrected chi connectivity index (χ2v) is 4.02. The van der Waals surface area contributed by atoms with Crippen LogP contribution >= 0.6 is 11.3 Å². The second kappa shape index (κ2) is 3.01. The minimum atomic E-state index is -2.74. The van der Waals surface area contributed by atoms with Crippen LogP contribution < -0.4 is 11.1 Å². The van der Waals surface area contributed by atoms with Crippen LogP contribution in [0.2, 0.25) is 0 Å². The maximum atomic E-state index is 13.2. The van der Waals surface area contributed by atoms with Gasteiger partial charge in [-0.05, 0) is 11.4 Å². The Kier molecular flexibility index (Phi) is 2.09. The van der Waals surface area contributed by atoms with Gasteiger partial charge in [0.05, 0.1) is 12.6 Å². The second-order valence-electron chi connectivity index (χ2n) is 3.07. The molecule has 0 bridgehead atoms. The van der Waals surface area contributed by atoms with Crippen molar-refractivity contribution in [3.8, 4) is 0 Å². The largest absolute Gasteiger partial charge is 0.329 e. The number of hydrogen-bond donors (Lipinski definition) is 2. The summed E-state index contributed by atoms with van der Waals surface area (Å²) in [5.74, 6) is -2.74. The number of thiophene rings is 1. The van der Waals surface area contributed by atoms with Gasteiger partial charge in [-0.25, -0.2) is 0 Å². The van der Waals surface area contributed by atoms with Gasteiger partial charge in [0.15, 0.2) is 0 Å². The summed E-state index contributed by atoms with van der Waals surface area (Å²) in [7, 11) is 0. The van der Waals surface area contributed by atoms with Gasteiger partial charge in [0.2, 0.25) is 0 Å². The van der Waals surface area contributed by atoms with E-state index in [1.165, 1.54) is 17.4 Å². The summed E-state index contributed by atoms with van der Waals surface area (Å²) in [6.45, 7) is 0.0577. The lowest BCUT2D eigenvalue weighted by Crippen LogP contribution is -2.41. The molecule has 2 rings (SSSR count). The fourth-order valence-corrected chi connectivity index (χ4v) is 2.56. The van der Waals surface area contributed by atoms with Crippen LogP contribution in [0.5, 0.6) is 0 Å². The molecule has 0 radical (unpaired) electrons. The first kappa shape index (κ1) is 9.05. The topological polar surface area (TPSA) is 38.0 Å². The molecule has 0 aliphatic carbocycles. The molecule has 2 nitrogen and oxygen atoms in total. The average molecular weight is 204 g/mol. The zero-order valence-electron chi connectivity index (χ0n) is 6.89. The van der Waals surface area contributed by atoms with Crippen LogP contribution in [-0.4, -0.2) is 13.1 Å². The zero-order chi connectivity index (χ0) is 9.47. The number of nitrogens with two attached hydrogens (primary N) is 1. The Morgan fingerprint density at radius 2 is 2.46 bits per heavy atom. The molecule has 0 fully saturated rings. The minimum Gasteiger partial charge on any atom is -0.329 e. The molecule has 3 N–H and O–H groups in total. The fraction of sp³-hybridized carbons (Fsp3) is 0.500. The first-order valence-corrected chi connectivity index (χ1v) is 4.92. The quantitative estimate of drug-likeness (QED) is 0.726. The summed E-state index contributed by atoms with van der Waals surface area (Å²) >= 11 is 1.34. The maximum absolute atomic E-state index is 13.2. The fourth-order valence-electron chi connectivity index (χ4n) is 1.52. The Hall–Kier alpha value is -0.520. The van der Waals surface area contributed by atoms with Gasteiger partial charge in [0, 0.05) is 17.0 Å². The minimum absolute atomic E-state index is 0.102. The monoisotopic (exact) mass is 204 g/mol. The molecule has 0 saturated heterocycles. The highest BCUT2D eigenvalue weighted by Gasteiger charge is 2.40. The number of halogens is 2. The van der Waals surface area contributed by atoms with Crippen molar-refractivity contribution in [2.45, 2.75) is 12.0 Å². The molecule has 13 heavy (non-hydrogen) atoms. The summed E-state index contributed by atoms with van der Waals surface area (Å²) in [5.41, 5.74) is 5.61. The van der Waals surface area contributed by atoms with Crippen molar-refractivity contribution in [2.24, 2.45) is 5.73 Å². The third-order valence-electron chi connectivity index (χ3n) is 2.21. The first-order chi connectivity index (χ1) is 6.15. The molecule has 1 unspecified atom stereocenters. The highest BCUT2D eigenvalue weighted by atomic mass is 32.1. The van der Waals surface area contributed by atoms with E-state index in [9.17, 15) is 8.78 Å². The average Bonchev–Trinajstić information content (AvgIpc) is 2.54. The number of rotatable bonds is 1. The van der Waals surface area contributed by atoms with Crippen LogP contribution in [0.25, 0.3) is 0 Å². The lowest BCUT2D eigenvalue weighted by Gasteiger charge is -2.29. The van der Waals surface area contributed by atoms with Gasteiger partial charge < -0.3 is 11.1 Å². The van der Waals surface area contributed by atoms with E-state index in [0.29, 0.717) is 11.4 Å². The zero-order valence-corrected chi connectivity index (χ0v) is 7.70. The Labute approximate surface area is 78.7 Å². The van der Waals surface area contributed by atoms with E-state index >= 15 is 0 Å². The van der Waals surface area contributed by atoms with Gasteiger partial charge in [-0.15, -0.1) is 11.3 Å². The van der Waals surface area contributed by atoms with Gasteiger partial charge in [-0.3, -0.25) is 0 Å². The smallest absolute Gasteiger partial charge is 0.286 e. The van der Waals surface area contributed by atoms with Crippen molar-refractivity contribution < 1.29 is 8.78 Å². The van der Waals surface area contributed by atoms with Gasteiger partial charge in [0.25, 0.3) is 5.92 Å². The van der Waals surface area contributed by atoms with E-state index < -0.39 is 5.92 Å². The number of fused-ring (bicyclic) bond motifs is 1. The van der Waals surface area contributed by atoms with E-state index in [1.807, 2.05) is 0 Å². The Bertz CT molecular complexity index is 311. The Morgan fingerprint density at radius 1 is 1.69 bits per heavy atom. The molecule has 1 aromatic rings. The van der Waals surface area contributed by atoms with Gasteiger partial charge in [0.1, 0.15) is 0 Å². The molecular weight excluding hydrogens is 194 g/mol. The summed E-state index contributed by atoms with van der Waals surface area (Å²) in [6.07, 6.45) is 0. The van der Waals surface area contributed by atoms with Crippen LogP contribution in [-0.2, 0) is 5.92 Å². The van der Waals surface area contributed by atoms with Gasteiger partial charge >= 0.3 is 0 Å². The number of hydrogen-bond acceptors (Lipinski definition) is 3. The van der Waals surface area contributed by atoms with Gasteiger partial charge in [-0.2, -0.15) is 8.78 Å². The van der Waals surface area contributed by atoms with E-state index in [1.54, 1.807) is 5.38 Å².